The fourth-order valence-electron chi connectivity index (χ4n) is 4.93. The van der Waals surface area contributed by atoms with Crippen molar-refractivity contribution in [1.29, 1.82) is 0 Å². The summed E-state index contributed by atoms with van der Waals surface area (Å²) in [5.41, 5.74) is 5.15. The van der Waals surface area contributed by atoms with Crippen molar-refractivity contribution in [1.82, 2.24) is 0 Å². The minimum Gasteiger partial charge on any atom is -0.320 e. The average molecular weight is 547 g/mol. The van der Waals surface area contributed by atoms with Crippen LogP contribution in [0.3, 0.4) is 0 Å². The predicted octanol–water partition coefficient (Wildman–Crippen LogP) is 9.30. The molecule has 6 heteroatoms. The van der Waals surface area contributed by atoms with Gasteiger partial charge in [-0.2, -0.15) is 0 Å². The number of aryl methyl sites for hydroxylation is 1. The number of aliphatic imine (C=N–C) groups is 2. The van der Waals surface area contributed by atoms with Crippen molar-refractivity contribution in [3.05, 3.63) is 129 Å². The van der Waals surface area contributed by atoms with Crippen molar-refractivity contribution in [3.63, 3.8) is 0 Å². The van der Waals surface area contributed by atoms with Crippen molar-refractivity contribution in [3.8, 4) is 0 Å². The Morgan fingerprint density at radius 1 is 0.757 bits per heavy atom. The van der Waals surface area contributed by atoms with Crippen LogP contribution in [0.15, 0.2) is 107 Å². The molecular formula is C31H26Cl3N3. The van der Waals surface area contributed by atoms with Gasteiger partial charge in [0.25, 0.3) is 0 Å². The lowest BCUT2D eigenvalue weighted by atomic mass is 9.80. The minimum absolute atomic E-state index is 0.116. The topological polar surface area (TPSA) is 28.0 Å². The number of nitrogens with zero attached hydrogens (tertiary/aromatic N) is 3. The zero-order chi connectivity index (χ0) is 26.2. The first-order chi connectivity index (χ1) is 17.8. The quantitative estimate of drug-likeness (QED) is 0.229. The van der Waals surface area contributed by atoms with Crippen molar-refractivity contribution >= 4 is 57.7 Å². The van der Waals surface area contributed by atoms with E-state index in [0.29, 0.717) is 15.1 Å². The van der Waals surface area contributed by atoms with Crippen molar-refractivity contribution in [2.45, 2.75) is 32.4 Å². The SMILES string of the molecule is CC(=Nc1ccc(C)cc1)C1(c2ccc(Cl)cc2)N=C(c2ccc(Cl)cc2)N(c2ccc(Cl)cc2)C1C. The molecule has 5 rings (SSSR count). The Bertz CT molecular complexity index is 1460. The van der Waals surface area contributed by atoms with Crippen LogP contribution < -0.4 is 4.90 Å². The van der Waals surface area contributed by atoms with E-state index in [1.165, 1.54) is 5.56 Å². The Balaban J connectivity index is 1.76. The van der Waals surface area contributed by atoms with Gasteiger partial charge in [0.05, 0.1) is 11.7 Å². The second-order valence-electron chi connectivity index (χ2n) is 9.27. The fourth-order valence-corrected chi connectivity index (χ4v) is 5.31. The van der Waals surface area contributed by atoms with Gasteiger partial charge < -0.3 is 4.90 Å². The van der Waals surface area contributed by atoms with Crippen molar-refractivity contribution in [2.24, 2.45) is 9.98 Å². The molecule has 4 aromatic carbocycles. The van der Waals surface area contributed by atoms with E-state index < -0.39 is 5.54 Å². The molecule has 1 heterocycles. The fraction of sp³-hybridized carbons (Fsp3) is 0.161. The van der Waals surface area contributed by atoms with Gasteiger partial charge in [-0.05, 0) is 99.1 Å². The highest BCUT2D eigenvalue weighted by Gasteiger charge is 2.50. The molecule has 0 aromatic heterocycles. The van der Waals surface area contributed by atoms with Crippen LogP contribution in [-0.2, 0) is 5.54 Å². The second-order valence-corrected chi connectivity index (χ2v) is 10.6. The molecular weight excluding hydrogens is 521 g/mol. The monoisotopic (exact) mass is 545 g/mol. The first kappa shape index (κ1) is 25.5. The predicted molar refractivity (Wildman–Crippen MR) is 158 cm³/mol. The first-order valence-electron chi connectivity index (χ1n) is 12.1. The maximum Gasteiger partial charge on any atom is 0.146 e. The summed E-state index contributed by atoms with van der Waals surface area (Å²) >= 11 is 18.8. The molecule has 0 amide bonds. The zero-order valence-corrected chi connectivity index (χ0v) is 23.1. The summed E-state index contributed by atoms with van der Waals surface area (Å²) in [4.78, 5) is 12.8. The standard InChI is InChI=1S/C31H26Cl3N3/c1-20-4-16-28(17-5-20)35-21(2)31(24-8-12-26(33)13-9-24)22(3)37(29-18-14-27(34)15-19-29)30(36-31)23-6-10-25(32)11-7-23/h4-19,22H,1-3H3. The lowest BCUT2D eigenvalue weighted by molar-refractivity contribution is 0.528. The van der Waals surface area contributed by atoms with Crippen LogP contribution >= 0.6 is 34.8 Å². The molecule has 4 aromatic rings. The highest BCUT2D eigenvalue weighted by atomic mass is 35.5. The third-order valence-electron chi connectivity index (χ3n) is 6.88. The normalized spacial score (nSPS) is 19.7. The van der Waals surface area contributed by atoms with Crippen LogP contribution in [0.4, 0.5) is 11.4 Å². The summed E-state index contributed by atoms with van der Waals surface area (Å²) in [6.45, 7) is 6.31. The molecule has 186 valence electrons. The van der Waals surface area contributed by atoms with E-state index in [0.717, 1.165) is 34.0 Å². The molecule has 0 N–H and O–H groups in total. The molecule has 0 bridgehead atoms. The number of rotatable bonds is 5. The summed E-state index contributed by atoms with van der Waals surface area (Å²) in [6, 6.07) is 31.6. The summed E-state index contributed by atoms with van der Waals surface area (Å²) in [7, 11) is 0. The molecule has 37 heavy (non-hydrogen) atoms. The second kappa shape index (κ2) is 10.3. The molecule has 0 aliphatic carbocycles. The summed E-state index contributed by atoms with van der Waals surface area (Å²) in [5, 5.41) is 2.03. The Hall–Kier alpha value is -3.11. The lowest BCUT2D eigenvalue weighted by Crippen LogP contribution is -2.47. The molecule has 0 radical (unpaired) electrons. The third kappa shape index (κ3) is 4.92. The number of amidine groups is 1. The maximum absolute atomic E-state index is 6.30. The van der Waals surface area contributed by atoms with Gasteiger partial charge in [-0.25, -0.2) is 4.99 Å². The van der Waals surface area contributed by atoms with Gasteiger partial charge in [-0.1, -0.05) is 64.6 Å². The molecule has 1 aliphatic heterocycles. The van der Waals surface area contributed by atoms with E-state index in [-0.39, 0.29) is 6.04 Å². The van der Waals surface area contributed by atoms with Crippen LogP contribution in [-0.4, -0.2) is 17.6 Å². The van der Waals surface area contributed by atoms with Crippen LogP contribution in [0.25, 0.3) is 0 Å². The van der Waals surface area contributed by atoms with Gasteiger partial charge >= 0.3 is 0 Å². The van der Waals surface area contributed by atoms with E-state index >= 15 is 0 Å². The molecule has 0 saturated heterocycles. The first-order valence-corrected chi connectivity index (χ1v) is 13.2. The molecule has 0 spiro atoms. The molecule has 2 unspecified atom stereocenters. The highest BCUT2D eigenvalue weighted by Crippen LogP contribution is 2.44. The van der Waals surface area contributed by atoms with Gasteiger partial charge in [0, 0.05) is 32.0 Å². The molecule has 0 fully saturated rings. The lowest BCUT2D eigenvalue weighted by Gasteiger charge is -2.36. The molecule has 3 nitrogen and oxygen atoms in total. The Morgan fingerprint density at radius 3 is 1.84 bits per heavy atom. The maximum atomic E-state index is 6.30. The Kier molecular flexibility index (Phi) is 7.13. The summed E-state index contributed by atoms with van der Waals surface area (Å²) in [5.74, 6) is 0.833. The average Bonchev–Trinajstić information content (AvgIpc) is 3.20. The third-order valence-corrected chi connectivity index (χ3v) is 7.63. The van der Waals surface area contributed by atoms with E-state index in [1.54, 1.807) is 0 Å². The minimum atomic E-state index is -0.774. The van der Waals surface area contributed by atoms with Crippen molar-refractivity contribution in [2.75, 3.05) is 4.90 Å². The summed E-state index contributed by atoms with van der Waals surface area (Å²) < 4.78 is 0. The van der Waals surface area contributed by atoms with Gasteiger partial charge in [0.1, 0.15) is 11.4 Å². The Labute approximate surface area is 233 Å². The van der Waals surface area contributed by atoms with Gasteiger partial charge in [-0.15, -0.1) is 0 Å². The number of halogens is 3. The zero-order valence-electron chi connectivity index (χ0n) is 20.8. The van der Waals surface area contributed by atoms with E-state index in [9.17, 15) is 0 Å². The largest absolute Gasteiger partial charge is 0.320 e. The van der Waals surface area contributed by atoms with Crippen LogP contribution in [0.5, 0.6) is 0 Å². The van der Waals surface area contributed by atoms with Gasteiger partial charge in [-0.3, -0.25) is 4.99 Å². The number of hydrogen-bond donors (Lipinski definition) is 0. The van der Waals surface area contributed by atoms with E-state index in [1.807, 2.05) is 84.9 Å². The molecule has 2 atom stereocenters. The van der Waals surface area contributed by atoms with E-state index in [4.69, 9.17) is 44.8 Å². The van der Waals surface area contributed by atoms with E-state index in [2.05, 4.69) is 37.8 Å². The molecule has 1 aliphatic rings. The number of benzene rings is 4. The Morgan fingerprint density at radius 2 is 1.27 bits per heavy atom. The van der Waals surface area contributed by atoms with Crippen LogP contribution in [0.1, 0.15) is 30.5 Å². The smallest absolute Gasteiger partial charge is 0.146 e. The number of hydrogen-bond acceptors (Lipinski definition) is 3. The van der Waals surface area contributed by atoms with Crippen molar-refractivity contribution < 1.29 is 0 Å². The van der Waals surface area contributed by atoms with Gasteiger partial charge in [0.15, 0.2) is 0 Å². The number of anilines is 1. The van der Waals surface area contributed by atoms with Crippen LogP contribution in [0, 0.1) is 6.92 Å². The highest BCUT2D eigenvalue weighted by molar-refractivity contribution is 6.31. The summed E-state index contributed by atoms with van der Waals surface area (Å²) in [6.07, 6.45) is 0. The van der Waals surface area contributed by atoms with Gasteiger partial charge in [0.2, 0.25) is 0 Å². The van der Waals surface area contributed by atoms with Crippen LogP contribution in [0.2, 0.25) is 15.1 Å². The molecule has 0 saturated carbocycles.